The van der Waals surface area contributed by atoms with Gasteiger partial charge >= 0.3 is 6.09 Å². The maximum Gasteiger partial charge on any atom is 0.410 e. The largest absolute Gasteiger partial charge is 0.444 e. The lowest BCUT2D eigenvalue weighted by atomic mass is 9.94. The van der Waals surface area contributed by atoms with Crippen LogP contribution in [0.4, 0.5) is 4.79 Å². The Balaban J connectivity index is 1.94. The molecule has 2 aliphatic rings. The molecule has 0 bridgehead atoms. The molecule has 1 saturated heterocycles. The maximum atomic E-state index is 12.4. The predicted molar refractivity (Wildman–Crippen MR) is 90.0 cm³/mol. The summed E-state index contributed by atoms with van der Waals surface area (Å²) in [5.41, 5.74) is -0.421. The number of piperidine rings is 1. The average molecular weight is 310 g/mol. The van der Waals surface area contributed by atoms with Gasteiger partial charge in [0.15, 0.2) is 0 Å². The number of ether oxygens (including phenoxy) is 1. The fraction of sp³-hybridized carbons (Fsp3) is 0.944. The molecule has 0 aromatic rings. The molecule has 0 aromatic carbocycles. The molecule has 0 radical (unpaired) electrons. The Hall–Kier alpha value is -0.770. The number of nitrogens with one attached hydrogen (secondary N) is 1. The molecule has 4 heteroatoms. The molecular weight excluding hydrogens is 276 g/mol. The average Bonchev–Trinajstić information content (AvgIpc) is 2.86. The number of rotatable bonds is 3. The van der Waals surface area contributed by atoms with Gasteiger partial charge in [0.2, 0.25) is 0 Å². The van der Waals surface area contributed by atoms with E-state index in [-0.39, 0.29) is 12.1 Å². The summed E-state index contributed by atoms with van der Waals surface area (Å²) in [6, 6.07) is 1.25. The normalized spacial score (nSPS) is 33.0. The number of carbonyl (C=O) groups is 1. The lowest BCUT2D eigenvalue weighted by molar-refractivity contribution is 0.00597. The molecule has 0 aromatic heterocycles. The van der Waals surface area contributed by atoms with Gasteiger partial charge in [0, 0.05) is 24.7 Å². The van der Waals surface area contributed by atoms with E-state index >= 15 is 0 Å². The van der Waals surface area contributed by atoms with Gasteiger partial charge in [-0.05, 0) is 59.3 Å². The van der Waals surface area contributed by atoms with Crippen molar-refractivity contribution in [2.24, 2.45) is 5.92 Å². The van der Waals surface area contributed by atoms with Gasteiger partial charge < -0.3 is 15.0 Å². The van der Waals surface area contributed by atoms with Gasteiger partial charge in [-0.15, -0.1) is 0 Å². The first-order valence-electron chi connectivity index (χ1n) is 9.07. The van der Waals surface area contributed by atoms with Crippen LogP contribution in [-0.2, 0) is 4.74 Å². The standard InChI is InChI=1S/C18H34N2O2/c1-6-14-9-7-10-16(14)19-15-11-8-12-20(13(15)2)17(21)22-18(3,4)5/h13-16,19H,6-12H2,1-5H3. The molecule has 2 fully saturated rings. The van der Waals surface area contributed by atoms with Crippen LogP contribution >= 0.6 is 0 Å². The van der Waals surface area contributed by atoms with E-state index in [1.54, 1.807) is 0 Å². The Morgan fingerprint density at radius 3 is 2.50 bits per heavy atom. The molecule has 4 unspecified atom stereocenters. The van der Waals surface area contributed by atoms with Crippen LogP contribution in [0.5, 0.6) is 0 Å². The topological polar surface area (TPSA) is 41.6 Å². The van der Waals surface area contributed by atoms with E-state index in [9.17, 15) is 4.79 Å². The summed E-state index contributed by atoms with van der Waals surface area (Å²) in [7, 11) is 0. The Bertz CT molecular complexity index is 378. The molecule has 4 nitrogen and oxygen atoms in total. The first kappa shape index (κ1) is 17.6. The third-order valence-electron chi connectivity index (χ3n) is 5.23. The molecule has 128 valence electrons. The van der Waals surface area contributed by atoms with Crippen LogP contribution in [0, 0.1) is 5.92 Å². The fourth-order valence-electron chi connectivity index (χ4n) is 3.96. The quantitative estimate of drug-likeness (QED) is 0.858. The lowest BCUT2D eigenvalue weighted by Crippen LogP contribution is -2.57. The first-order chi connectivity index (χ1) is 10.3. The highest BCUT2D eigenvalue weighted by Gasteiger charge is 2.36. The minimum atomic E-state index is -0.421. The van der Waals surface area contributed by atoms with Crippen molar-refractivity contribution in [1.29, 1.82) is 0 Å². The second-order valence-electron chi connectivity index (χ2n) is 8.04. The second kappa shape index (κ2) is 7.20. The molecule has 22 heavy (non-hydrogen) atoms. The molecule has 2 rings (SSSR count). The summed E-state index contributed by atoms with van der Waals surface area (Å²) in [6.45, 7) is 11.1. The molecule has 1 aliphatic carbocycles. The summed E-state index contributed by atoms with van der Waals surface area (Å²) in [4.78, 5) is 14.3. The number of nitrogens with zero attached hydrogens (tertiary/aromatic N) is 1. The Kier molecular flexibility index (Phi) is 5.76. The van der Waals surface area contributed by atoms with E-state index in [1.807, 2.05) is 25.7 Å². The van der Waals surface area contributed by atoms with Gasteiger partial charge in [-0.3, -0.25) is 0 Å². The van der Waals surface area contributed by atoms with Gasteiger partial charge in [0.1, 0.15) is 5.60 Å². The van der Waals surface area contributed by atoms with Crippen LogP contribution in [0.25, 0.3) is 0 Å². The van der Waals surface area contributed by atoms with Crippen LogP contribution in [0.3, 0.4) is 0 Å². The van der Waals surface area contributed by atoms with Gasteiger partial charge in [-0.25, -0.2) is 4.79 Å². The van der Waals surface area contributed by atoms with Crippen molar-refractivity contribution in [3.63, 3.8) is 0 Å². The monoisotopic (exact) mass is 310 g/mol. The number of carbonyl (C=O) groups excluding carboxylic acids is 1. The molecule has 1 N–H and O–H groups in total. The first-order valence-corrected chi connectivity index (χ1v) is 9.07. The summed E-state index contributed by atoms with van der Waals surface area (Å²) >= 11 is 0. The van der Waals surface area contributed by atoms with E-state index in [4.69, 9.17) is 4.74 Å². The number of likely N-dealkylation sites (tertiary alicyclic amines) is 1. The molecule has 1 saturated carbocycles. The van der Waals surface area contributed by atoms with Gasteiger partial charge in [-0.1, -0.05) is 19.8 Å². The van der Waals surface area contributed by atoms with Crippen molar-refractivity contribution in [3.05, 3.63) is 0 Å². The Morgan fingerprint density at radius 1 is 1.18 bits per heavy atom. The third kappa shape index (κ3) is 4.37. The lowest BCUT2D eigenvalue weighted by Gasteiger charge is -2.41. The summed E-state index contributed by atoms with van der Waals surface area (Å²) in [5.74, 6) is 0.809. The molecule has 1 heterocycles. The zero-order valence-electron chi connectivity index (χ0n) is 15.0. The summed E-state index contributed by atoms with van der Waals surface area (Å²) in [6.07, 6.45) is 7.30. The van der Waals surface area contributed by atoms with Gasteiger partial charge in [0.05, 0.1) is 0 Å². The molecular formula is C18H34N2O2. The highest BCUT2D eigenvalue weighted by Crippen LogP contribution is 2.30. The highest BCUT2D eigenvalue weighted by atomic mass is 16.6. The Morgan fingerprint density at radius 2 is 1.86 bits per heavy atom. The van der Waals surface area contributed by atoms with Crippen LogP contribution in [-0.4, -0.2) is 41.3 Å². The summed E-state index contributed by atoms with van der Waals surface area (Å²) < 4.78 is 5.57. The van der Waals surface area contributed by atoms with E-state index in [1.165, 1.54) is 25.7 Å². The SMILES string of the molecule is CCC1CCCC1NC1CCCN(C(=O)OC(C)(C)C)C1C. The van der Waals surface area contributed by atoms with Crippen molar-refractivity contribution in [2.75, 3.05) is 6.54 Å². The van der Waals surface area contributed by atoms with E-state index in [2.05, 4.69) is 19.2 Å². The number of hydrogen-bond acceptors (Lipinski definition) is 3. The molecule has 4 atom stereocenters. The fourth-order valence-corrected chi connectivity index (χ4v) is 3.96. The maximum absolute atomic E-state index is 12.4. The van der Waals surface area contributed by atoms with Crippen molar-refractivity contribution >= 4 is 6.09 Å². The molecule has 1 amide bonds. The van der Waals surface area contributed by atoms with Gasteiger partial charge in [-0.2, -0.15) is 0 Å². The van der Waals surface area contributed by atoms with Crippen LogP contribution < -0.4 is 5.32 Å². The van der Waals surface area contributed by atoms with Crippen molar-refractivity contribution in [2.45, 2.75) is 96.9 Å². The number of hydrogen-bond donors (Lipinski definition) is 1. The third-order valence-corrected chi connectivity index (χ3v) is 5.23. The van der Waals surface area contributed by atoms with E-state index in [0.29, 0.717) is 12.1 Å². The van der Waals surface area contributed by atoms with Crippen molar-refractivity contribution < 1.29 is 9.53 Å². The molecule has 1 aliphatic heterocycles. The highest BCUT2D eigenvalue weighted by molar-refractivity contribution is 5.68. The molecule has 0 spiro atoms. The van der Waals surface area contributed by atoms with Crippen LogP contribution in [0.1, 0.15) is 73.1 Å². The van der Waals surface area contributed by atoms with Crippen LogP contribution in [0.15, 0.2) is 0 Å². The smallest absolute Gasteiger partial charge is 0.410 e. The predicted octanol–water partition coefficient (Wildman–Crippen LogP) is 3.94. The van der Waals surface area contributed by atoms with E-state index in [0.717, 1.165) is 25.3 Å². The zero-order valence-corrected chi connectivity index (χ0v) is 15.0. The minimum Gasteiger partial charge on any atom is -0.444 e. The summed E-state index contributed by atoms with van der Waals surface area (Å²) in [5, 5.41) is 3.87. The van der Waals surface area contributed by atoms with Crippen LogP contribution in [0.2, 0.25) is 0 Å². The van der Waals surface area contributed by atoms with Crippen molar-refractivity contribution in [1.82, 2.24) is 10.2 Å². The minimum absolute atomic E-state index is 0.162. The van der Waals surface area contributed by atoms with Crippen molar-refractivity contribution in [3.8, 4) is 0 Å². The second-order valence-corrected chi connectivity index (χ2v) is 8.04. The Labute approximate surface area is 136 Å². The van der Waals surface area contributed by atoms with E-state index < -0.39 is 5.60 Å². The zero-order chi connectivity index (χ0) is 16.3. The number of amides is 1. The van der Waals surface area contributed by atoms with Gasteiger partial charge in [0.25, 0.3) is 0 Å².